The molecule has 0 aliphatic carbocycles. The van der Waals surface area contributed by atoms with Crippen LogP contribution in [0, 0.1) is 12.7 Å². The highest BCUT2D eigenvalue weighted by molar-refractivity contribution is 5.29. The molecule has 1 rings (SSSR count). The lowest BCUT2D eigenvalue weighted by atomic mass is 10.2. The zero-order valence-corrected chi connectivity index (χ0v) is 9.14. The third kappa shape index (κ3) is 3.72. The molecule has 1 aromatic rings. The summed E-state index contributed by atoms with van der Waals surface area (Å²) >= 11 is 0. The van der Waals surface area contributed by atoms with Gasteiger partial charge in [-0.1, -0.05) is 6.58 Å². The molecule has 1 aromatic carbocycles. The molecule has 3 heteroatoms. The highest BCUT2D eigenvalue weighted by Gasteiger charge is 2.00. The molecule has 0 spiro atoms. The van der Waals surface area contributed by atoms with E-state index in [9.17, 15) is 4.39 Å². The van der Waals surface area contributed by atoms with Crippen LogP contribution in [0.2, 0.25) is 0 Å². The number of halogens is 1. The fraction of sp³-hybridized carbons (Fsp3) is 0.333. The minimum absolute atomic E-state index is 0.212. The maximum absolute atomic E-state index is 12.9. The number of rotatable bonds is 5. The molecule has 0 fully saturated rings. The molecule has 0 aromatic heterocycles. The van der Waals surface area contributed by atoms with E-state index in [1.807, 2.05) is 7.05 Å². The topological polar surface area (TPSA) is 21.3 Å². The van der Waals surface area contributed by atoms with Crippen molar-refractivity contribution in [3.05, 3.63) is 41.7 Å². The van der Waals surface area contributed by atoms with E-state index in [1.165, 1.54) is 6.07 Å². The third-order valence-corrected chi connectivity index (χ3v) is 2.00. The van der Waals surface area contributed by atoms with Crippen LogP contribution in [-0.2, 0) is 0 Å². The van der Waals surface area contributed by atoms with Crippen LogP contribution in [0.3, 0.4) is 0 Å². The van der Waals surface area contributed by atoms with Crippen LogP contribution in [-0.4, -0.2) is 20.2 Å². The van der Waals surface area contributed by atoms with Crippen molar-refractivity contribution in [1.29, 1.82) is 0 Å². The second-order valence-corrected chi connectivity index (χ2v) is 3.48. The quantitative estimate of drug-likeness (QED) is 0.751. The Bertz CT molecular complexity index is 349. The van der Waals surface area contributed by atoms with Gasteiger partial charge in [0.15, 0.2) is 0 Å². The molecule has 0 aliphatic rings. The van der Waals surface area contributed by atoms with Gasteiger partial charge in [-0.05, 0) is 43.3 Å². The Morgan fingerprint density at radius 1 is 1.53 bits per heavy atom. The number of ether oxygens (including phenoxy) is 1. The van der Waals surface area contributed by atoms with Gasteiger partial charge < -0.3 is 10.1 Å². The average Bonchev–Trinajstić information content (AvgIpc) is 2.20. The van der Waals surface area contributed by atoms with Crippen LogP contribution in [0.5, 0.6) is 5.75 Å². The summed E-state index contributed by atoms with van der Waals surface area (Å²) < 4.78 is 18.4. The Morgan fingerprint density at radius 3 is 2.87 bits per heavy atom. The number of nitrogens with one attached hydrogen (secondary N) is 1. The Hall–Kier alpha value is -1.35. The van der Waals surface area contributed by atoms with Crippen LogP contribution in [0.25, 0.3) is 0 Å². The van der Waals surface area contributed by atoms with Crippen molar-refractivity contribution in [3.8, 4) is 5.75 Å². The zero-order valence-electron chi connectivity index (χ0n) is 9.14. The molecule has 15 heavy (non-hydrogen) atoms. The largest absolute Gasteiger partial charge is 0.489 e. The lowest BCUT2D eigenvalue weighted by Crippen LogP contribution is -2.14. The van der Waals surface area contributed by atoms with Crippen LogP contribution in [0.1, 0.15) is 5.56 Å². The molecule has 0 radical (unpaired) electrons. The minimum atomic E-state index is -0.212. The summed E-state index contributed by atoms with van der Waals surface area (Å²) in [6, 6.07) is 4.71. The summed E-state index contributed by atoms with van der Waals surface area (Å²) in [4.78, 5) is 0. The predicted octanol–water partition coefficient (Wildman–Crippen LogP) is 2.29. The summed E-state index contributed by atoms with van der Waals surface area (Å²) in [7, 11) is 1.85. The zero-order chi connectivity index (χ0) is 11.3. The standard InChI is InChI=1S/C12H16FNO/c1-9(7-14-3)8-15-11-4-5-12(13)10(2)6-11/h4-6,14H,1,7-8H2,2-3H3. The molecule has 0 bridgehead atoms. The van der Waals surface area contributed by atoms with Gasteiger partial charge in [-0.25, -0.2) is 4.39 Å². The lowest BCUT2D eigenvalue weighted by Gasteiger charge is -2.09. The van der Waals surface area contributed by atoms with E-state index >= 15 is 0 Å². The van der Waals surface area contributed by atoms with Crippen molar-refractivity contribution in [2.75, 3.05) is 20.2 Å². The number of likely N-dealkylation sites (N-methyl/N-ethyl adjacent to an activating group) is 1. The van der Waals surface area contributed by atoms with Crippen LogP contribution < -0.4 is 10.1 Å². The number of benzene rings is 1. The van der Waals surface area contributed by atoms with E-state index in [2.05, 4.69) is 11.9 Å². The number of aryl methyl sites for hydroxylation is 1. The second kappa shape index (κ2) is 5.51. The summed E-state index contributed by atoms with van der Waals surface area (Å²) in [5, 5.41) is 2.98. The van der Waals surface area contributed by atoms with Crippen molar-refractivity contribution in [1.82, 2.24) is 5.32 Å². The lowest BCUT2D eigenvalue weighted by molar-refractivity contribution is 0.348. The normalized spacial score (nSPS) is 10.1. The summed E-state index contributed by atoms with van der Waals surface area (Å²) in [5.41, 5.74) is 1.55. The Balaban J connectivity index is 2.51. The molecule has 0 heterocycles. The first-order chi connectivity index (χ1) is 7.13. The van der Waals surface area contributed by atoms with Crippen molar-refractivity contribution in [2.24, 2.45) is 0 Å². The van der Waals surface area contributed by atoms with Crippen molar-refractivity contribution >= 4 is 0 Å². The van der Waals surface area contributed by atoms with Gasteiger partial charge in [0.25, 0.3) is 0 Å². The van der Waals surface area contributed by atoms with Gasteiger partial charge in [-0.3, -0.25) is 0 Å². The molecule has 0 amide bonds. The molecular formula is C12H16FNO. The summed E-state index contributed by atoms with van der Waals surface area (Å²) in [5.74, 6) is 0.461. The maximum atomic E-state index is 12.9. The molecule has 0 unspecified atom stereocenters. The van der Waals surface area contributed by atoms with Crippen molar-refractivity contribution in [2.45, 2.75) is 6.92 Å². The molecule has 0 saturated heterocycles. The fourth-order valence-electron chi connectivity index (χ4n) is 1.19. The monoisotopic (exact) mass is 209 g/mol. The van der Waals surface area contributed by atoms with Gasteiger partial charge >= 0.3 is 0 Å². The van der Waals surface area contributed by atoms with Crippen LogP contribution in [0.4, 0.5) is 4.39 Å². The molecule has 2 nitrogen and oxygen atoms in total. The van der Waals surface area contributed by atoms with Gasteiger partial charge in [0, 0.05) is 6.54 Å². The minimum Gasteiger partial charge on any atom is -0.489 e. The maximum Gasteiger partial charge on any atom is 0.126 e. The van der Waals surface area contributed by atoms with E-state index in [0.29, 0.717) is 17.9 Å². The Kier molecular flexibility index (Phi) is 4.31. The van der Waals surface area contributed by atoms with Crippen molar-refractivity contribution in [3.63, 3.8) is 0 Å². The molecule has 82 valence electrons. The predicted molar refractivity (Wildman–Crippen MR) is 59.7 cm³/mol. The molecule has 1 N–H and O–H groups in total. The van der Waals surface area contributed by atoms with E-state index in [0.717, 1.165) is 12.1 Å². The van der Waals surface area contributed by atoms with E-state index in [-0.39, 0.29) is 5.82 Å². The number of hydrogen-bond donors (Lipinski definition) is 1. The van der Waals surface area contributed by atoms with Gasteiger partial charge in [0.05, 0.1) is 0 Å². The van der Waals surface area contributed by atoms with Crippen LogP contribution >= 0.6 is 0 Å². The van der Waals surface area contributed by atoms with Gasteiger partial charge in [0.1, 0.15) is 18.2 Å². The first-order valence-electron chi connectivity index (χ1n) is 4.83. The van der Waals surface area contributed by atoms with Gasteiger partial charge in [-0.15, -0.1) is 0 Å². The highest BCUT2D eigenvalue weighted by atomic mass is 19.1. The van der Waals surface area contributed by atoms with E-state index < -0.39 is 0 Å². The SMILES string of the molecule is C=C(CNC)COc1ccc(F)c(C)c1. The number of hydrogen-bond acceptors (Lipinski definition) is 2. The van der Waals surface area contributed by atoms with Gasteiger partial charge in [0.2, 0.25) is 0 Å². The summed E-state index contributed by atoms with van der Waals surface area (Å²) in [6.07, 6.45) is 0. The molecule has 0 saturated carbocycles. The molecular weight excluding hydrogens is 193 g/mol. The first kappa shape index (κ1) is 11.7. The Labute approximate surface area is 89.8 Å². The smallest absolute Gasteiger partial charge is 0.126 e. The highest BCUT2D eigenvalue weighted by Crippen LogP contribution is 2.16. The summed E-state index contributed by atoms with van der Waals surface area (Å²) in [6.45, 7) is 6.72. The van der Waals surface area contributed by atoms with E-state index in [4.69, 9.17) is 4.74 Å². The first-order valence-corrected chi connectivity index (χ1v) is 4.83. The van der Waals surface area contributed by atoms with E-state index in [1.54, 1.807) is 19.1 Å². The van der Waals surface area contributed by atoms with Crippen LogP contribution in [0.15, 0.2) is 30.4 Å². The Morgan fingerprint density at radius 2 is 2.27 bits per heavy atom. The fourth-order valence-corrected chi connectivity index (χ4v) is 1.19. The average molecular weight is 209 g/mol. The second-order valence-electron chi connectivity index (χ2n) is 3.48. The van der Waals surface area contributed by atoms with Gasteiger partial charge in [-0.2, -0.15) is 0 Å². The van der Waals surface area contributed by atoms with Crippen molar-refractivity contribution < 1.29 is 9.13 Å². The third-order valence-electron chi connectivity index (χ3n) is 2.00. The molecule has 0 atom stereocenters. The molecule has 0 aliphatic heterocycles.